The maximum Gasteiger partial charge on any atom is 0.126 e. The quantitative estimate of drug-likeness (QED) is 0.817. The van der Waals surface area contributed by atoms with Crippen LogP contribution in [-0.4, -0.2) is 28.1 Å². The van der Waals surface area contributed by atoms with E-state index in [9.17, 15) is 0 Å². The van der Waals surface area contributed by atoms with Crippen molar-refractivity contribution in [3.05, 3.63) is 23.9 Å². The van der Waals surface area contributed by atoms with E-state index in [4.69, 9.17) is 5.11 Å². The van der Waals surface area contributed by atoms with E-state index in [-0.39, 0.29) is 6.61 Å². The van der Waals surface area contributed by atoms with Gasteiger partial charge >= 0.3 is 0 Å². The van der Waals surface area contributed by atoms with Crippen LogP contribution in [0.1, 0.15) is 12.0 Å². The monoisotopic (exact) mass is 224 g/mol. The van der Waals surface area contributed by atoms with Crippen LogP contribution in [0.15, 0.2) is 18.3 Å². The summed E-state index contributed by atoms with van der Waals surface area (Å²) in [4.78, 5) is 4.22. The molecule has 3 nitrogen and oxygen atoms in total. The molecule has 2 N–H and O–H groups in total. The van der Waals surface area contributed by atoms with Crippen LogP contribution in [0.5, 0.6) is 0 Å². The first-order valence-corrected chi connectivity index (χ1v) is 6.41. The first-order chi connectivity index (χ1) is 7.38. The van der Waals surface area contributed by atoms with Crippen molar-refractivity contribution in [1.29, 1.82) is 0 Å². The van der Waals surface area contributed by atoms with Crippen LogP contribution >= 0.6 is 11.8 Å². The summed E-state index contributed by atoms with van der Waals surface area (Å²) >= 11 is 2.02. The van der Waals surface area contributed by atoms with Crippen molar-refractivity contribution in [2.24, 2.45) is 5.92 Å². The topological polar surface area (TPSA) is 45.2 Å². The third-order valence-corrected chi connectivity index (χ3v) is 3.83. The number of thioether (sulfide) groups is 1. The van der Waals surface area contributed by atoms with E-state index in [1.165, 1.54) is 17.9 Å². The van der Waals surface area contributed by atoms with Crippen LogP contribution in [-0.2, 0) is 6.61 Å². The molecule has 1 saturated heterocycles. The van der Waals surface area contributed by atoms with Gasteiger partial charge in [0, 0.05) is 12.7 Å². The van der Waals surface area contributed by atoms with E-state index >= 15 is 0 Å². The molecule has 0 aliphatic carbocycles. The fourth-order valence-corrected chi connectivity index (χ4v) is 2.95. The number of pyridine rings is 1. The Morgan fingerprint density at radius 3 is 3.27 bits per heavy atom. The Kier molecular flexibility index (Phi) is 3.86. The highest BCUT2D eigenvalue weighted by Crippen LogP contribution is 2.23. The predicted molar refractivity (Wildman–Crippen MR) is 64.1 cm³/mol. The normalized spacial score (nSPS) is 20.5. The van der Waals surface area contributed by atoms with Crippen molar-refractivity contribution in [2.75, 3.05) is 23.4 Å². The first kappa shape index (κ1) is 10.8. The Hall–Kier alpha value is -0.740. The van der Waals surface area contributed by atoms with Gasteiger partial charge in [0.05, 0.1) is 6.61 Å². The van der Waals surface area contributed by atoms with Gasteiger partial charge in [-0.15, -0.1) is 0 Å². The zero-order chi connectivity index (χ0) is 10.5. The molecule has 0 saturated carbocycles. The molecule has 1 aromatic heterocycles. The van der Waals surface area contributed by atoms with Crippen LogP contribution in [0.2, 0.25) is 0 Å². The minimum Gasteiger partial charge on any atom is -0.392 e. The first-order valence-electron chi connectivity index (χ1n) is 5.26. The molecule has 1 aromatic rings. The molecule has 1 unspecified atom stereocenters. The molecule has 1 atom stereocenters. The van der Waals surface area contributed by atoms with E-state index in [1.54, 1.807) is 6.20 Å². The number of anilines is 1. The number of nitrogens with one attached hydrogen (secondary N) is 1. The Bertz CT molecular complexity index is 313. The summed E-state index contributed by atoms with van der Waals surface area (Å²) in [5, 5.41) is 12.3. The lowest BCUT2D eigenvalue weighted by atomic mass is 10.1. The molecule has 82 valence electrons. The Balaban J connectivity index is 1.86. The molecule has 1 fully saturated rings. The summed E-state index contributed by atoms with van der Waals surface area (Å²) in [5.74, 6) is 4.19. The zero-order valence-corrected chi connectivity index (χ0v) is 9.46. The molecule has 2 heterocycles. The average molecular weight is 224 g/mol. The number of hydrogen-bond acceptors (Lipinski definition) is 4. The van der Waals surface area contributed by atoms with Crippen LogP contribution < -0.4 is 5.32 Å². The van der Waals surface area contributed by atoms with Crippen LogP contribution in [0.25, 0.3) is 0 Å². The summed E-state index contributed by atoms with van der Waals surface area (Å²) in [6.45, 7) is 1.07. The second-order valence-electron chi connectivity index (χ2n) is 3.82. The highest BCUT2D eigenvalue weighted by molar-refractivity contribution is 7.99. The zero-order valence-electron chi connectivity index (χ0n) is 8.65. The summed E-state index contributed by atoms with van der Waals surface area (Å²) in [5.41, 5.74) is 0.910. The number of aliphatic hydroxyl groups is 1. The summed E-state index contributed by atoms with van der Waals surface area (Å²) < 4.78 is 0. The average Bonchev–Trinajstić information content (AvgIpc) is 2.79. The van der Waals surface area contributed by atoms with Gasteiger partial charge in [-0.25, -0.2) is 4.98 Å². The maximum absolute atomic E-state index is 8.98. The number of rotatable bonds is 4. The molecule has 0 bridgehead atoms. The Morgan fingerprint density at radius 1 is 1.60 bits per heavy atom. The fraction of sp³-hybridized carbons (Fsp3) is 0.545. The predicted octanol–water partition coefficient (Wildman–Crippen LogP) is 1.74. The van der Waals surface area contributed by atoms with Crippen molar-refractivity contribution >= 4 is 17.6 Å². The fourth-order valence-electron chi connectivity index (χ4n) is 1.66. The highest BCUT2D eigenvalue weighted by Gasteiger charge is 2.14. The van der Waals surface area contributed by atoms with Crippen molar-refractivity contribution in [3.63, 3.8) is 0 Å². The molecule has 15 heavy (non-hydrogen) atoms. The number of nitrogens with zero attached hydrogens (tertiary/aromatic N) is 1. The molecule has 2 rings (SSSR count). The molecular weight excluding hydrogens is 208 g/mol. The second-order valence-corrected chi connectivity index (χ2v) is 4.97. The smallest absolute Gasteiger partial charge is 0.126 e. The standard InChI is InChI=1S/C11H16N2OS/c14-7-9-1-3-12-11(5-9)13-6-10-2-4-15-8-10/h1,3,5,10,14H,2,4,6-8H2,(H,12,13). The van der Waals surface area contributed by atoms with Crippen LogP contribution in [0, 0.1) is 5.92 Å². The third kappa shape index (κ3) is 3.11. The van der Waals surface area contributed by atoms with Gasteiger partial charge in [0.25, 0.3) is 0 Å². The van der Waals surface area contributed by atoms with Crippen molar-refractivity contribution in [3.8, 4) is 0 Å². The van der Waals surface area contributed by atoms with E-state index in [0.717, 1.165) is 23.8 Å². The molecule has 1 aliphatic heterocycles. The number of aliphatic hydroxyl groups excluding tert-OH is 1. The number of hydrogen-bond donors (Lipinski definition) is 2. The summed E-state index contributed by atoms with van der Waals surface area (Å²) in [7, 11) is 0. The molecule has 0 radical (unpaired) electrons. The van der Waals surface area contributed by atoms with Crippen LogP contribution in [0.4, 0.5) is 5.82 Å². The molecule has 0 spiro atoms. The summed E-state index contributed by atoms with van der Waals surface area (Å²) in [6, 6.07) is 3.73. The third-order valence-electron chi connectivity index (χ3n) is 2.60. The maximum atomic E-state index is 8.98. The lowest BCUT2D eigenvalue weighted by Gasteiger charge is -2.10. The molecule has 4 heteroatoms. The minimum atomic E-state index is 0.0798. The van der Waals surface area contributed by atoms with Gasteiger partial charge in [-0.3, -0.25) is 0 Å². The van der Waals surface area contributed by atoms with Gasteiger partial charge in [-0.05, 0) is 41.5 Å². The van der Waals surface area contributed by atoms with Crippen molar-refractivity contribution < 1.29 is 5.11 Å². The van der Waals surface area contributed by atoms with Gasteiger partial charge in [0.1, 0.15) is 5.82 Å². The van der Waals surface area contributed by atoms with Crippen molar-refractivity contribution in [2.45, 2.75) is 13.0 Å². The SMILES string of the molecule is OCc1ccnc(NCC2CCSC2)c1. The van der Waals surface area contributed by atoms with E-state index in [2.05, 4.69) is 10.3 Å². The largest absolute Gasteiger partial charge is 0.392 e. The lowest BCUT2D eigenvalue weighted by Crippen LogP contribution is -2.14. The molecule has 0 aromatic carbocycles. The van der Waals surface area contributed by atoms with E-state index in [1.807, 2.05) is 23.9 Å². The Labute approximate surface area is 94.3 Å². The van der Waals surface area contributed by atoms with Gasteiger partial charge in [-0.2, -0.15) is 11.8 Å². The molecular formula is C11H16N2OS. The van der Waals surface area contributed by atoms with Crippen LogP contribution in [0.3, 0.4) is 0 Å². The highest BCUT2D eigenvalue weighted by atomic mass is 32.2. The van der Waals surface area contributed by atoms with E-state index in [0.29, 0.717) is 0 Å². The van der Waals surface area contributed by atoms with Crippen molar-refractivity contribution in [1.82, 2.24) is 4.98 Å². The van der Waals surface area contributed by atoms with E-state index < -0.39 is 0 Å². The minimum absolute atomic E-state index is 0.0798. The Morgan fingerprint density at radius 2 is 2.53 bits per heavy atom. The molecule has 1 aliphatic rings. The second kappa shape index (κ2) is 5.37. The van der Waals surface area contributed by atoms with Gasteiger partial charge in [-0.1, -0.05) is 0 Å². The number of aromatic nitrogens is 1. The summed E-state index contributed by atoms with van der Waals surface area (Å²) in [6.07, 6.45) is 3.04. The van der Waals surface area contributed by atoms with Gasteiger partial charge in [0.15, 0.2) is 0 Å². The lowest BCUT2D eigenvalue weighted by molar-refractivity contribution is 0.282. The van der Waals surface area contributed by atoms with Gasteiger partial charge in [0.2, 0.25) is 0 Å². The molecule has 0 amide bonds. The van der Waals surface area contributed by atoms with Gasteiger partial charge < -0.3 is 10.4 Å².